The van der Waals surface area contributed by atoms with Gasteiger partial charge in [-0.1, -0.05) is 30.3 Å². The third kappa shape index (κ3) is 4.50. The predicted octanol–water partition coefficient (Wildman–Crippen LogP) is 3.79. The first kappa shape index (κ1) is 22.7. The first-order valence-corrected chi connectivity index (χ1v) is 12.8. The summed E-state index contributed by atoms with van der Waals surface area (Å²) in [6, 6.07) is 19.3. The Labute approximate surface area is 201 Å². The molecule has 1 aliphatic heterocycles. The molecule has 2 amide bonds. The number of primary amides is 1. The molecule has 2 fully saturated rings. The van der Waals surface area contributed by atoms with Gasteiger partial charge in [0.25, 0.3) is 5.91 Å². The molecule has 0 aromatic heterocycles. The highest BCUT2D eigenvalue weighted by Gasteiger charge is 2.45. The second kappa shape index (κ2) is 9.31. The number of nitrogens with one attached hydrogen (secondary N) is 1. The molecule has 0 radical (unpaired) electrons. The first-order valence-electron chi connectivity index (χ1n) is 11.7. The van der Waals surface area contributed by atoms with Gasteiger partial charge in [0.2, 0.25) is 5.91 Å². The van der Waals surface area contributed by atoms with E-state index in [1.807, 2.05) is 54.6 Å². The Balaban J connectivity index is 1.35. The van der Waals surface area contributed by atoms with Gasteiger partial charge in [0.15, 0.2) is 0 Å². The number of amides is 2. The van der Waals surface area contributed by atoms with E-state index in [-0.39, 0.29) is 5.91 Å². The lowest BCUT2D eigenvalue weighted by Crippen LogP contribution is -2.51. The van der Waals surface area contributed by atoms with Crippen molar-refractivity contribution in [2.24, 2.45) is 11.7 Å². The standard InChI is InChI=1S/C27H28N2O4S/c28-26(31)27(11-13-33-14-12-27)34(32)24-9-7-19(8-10-24)20-3-4-22-16-23(6-5-21(22)15-20)25(30)29-17-18-1-2-18/h3-10,15-16,18H,1-2,11-14,17H2,(H2,28,31)(H,29,30). The van der Waals surface area contributed by atoms with E-state index < -0.39 is 21.5 Å². The van der Waals surface area contributed by atoms with Gasteiger partial charge in [0.1, 0.15) is 4.75 Å². The Kier molecular flexibility index (Phi) is 6.23. The molecule has 3 aromatic rings. The molecular formula is C27H28N2O4S. The molecule has 3 aromatic carbocycles. The van der Waals surface area contributed by atoms with Crippen LogP contribution in [0.25, 0.3) is 21.9 Å². The fraction of sp³-hybridized carbons (Fsp3) is 0.333. The van der Waals surface area contributed by atoms with Crippen LogP contribution < -0.4 is 11.1 Å². The average molecular weight is 477 g/mol. The molecule has 1 saturated carbocycles. The maximum atomic E-state index is 13.3. The third-order valence-corrected chi connectivity index (χ3v) is 8.88. The smallest absolute Gasteiger partial charge is 0.251 e. The van der Waals surface area contributed by atoms with Crippen LogP contribution in [0.2, 0.25) is 0 Å². The molecule has 1 unspecified atom stereocenters. The number of carbonyl (C=O) groups is 2. The molecule has 176 valence electrons. The van der Waals surface area contributed by atoms with Crippen molar-refractivity contribution in [1.82, 2.24) is 5.32 Å². The molecule has 3 N–H and O–H groups in total. The SMILES string of the molecule is NC(=O)C1(S(=O)c2ccc(-c3ccc4cc(C(=O)NCC5CC5)ccc4c3)cc2)CCOCC1. The third-order valence-electron chi connectivity index (χ3n) is 6.86. The molecule has 34 heavy (non-hydrogen) atoms. The van der Waals surface area contributed by atoms with Crippen molar-refractivity contribution in [3.05, 3.63) is 66.2 Å². The lowest BCUT2D eigenvalue weighted by Gasteiger charge is -2.33. The molecule has 2 aliphatic rings. The number of hydrogen-bond acceptors (Lipinski definition) is 4. The molecule has 1 aliphatic carbocycles. The zero-order valence-electron chi connectivity index (χ0n) is 18.9. The van der Waals surface area contributed by atoms with Crippen LogP contribution in [-0.2, 0) is 20.3 Å². The van der Waals surface area contributed by atoms with E-state index in [0.717, 1.165) is 28.4 Å². The van der Waals surface area contributed by atoms with Crippen molar-refractivity contribution in [2.45, 2.75) is 35.3 Å². The van der Waals surface area contributed by atoms with Crippen molar-refractivity contribution < 1.29 is 18.5 Å². The lowest BCUT2D eigenvalue weighted by molar-refractivity contribution is -0.122. The van der Waals surface area contributed by atoms with Crippen LogP contribution in [0.1, 0.15) is 36.0 Å². The fourth-order valence-electron chi connectivity index (χ4n) is 4.45. The molecular weight excluding hydrogens is 448 g/mol. The largest absolute Gasteiger partial charge is 0.381 e. The van der Waals surface area contributed by atoms with Crippen molar-refractivity contribution in [3.8, 4) is 11.1 Å². The number of nitrogens with two attached hydrogens (primary N) is 1. The van der Waals surface area contributed by atoms with Gasteiger partial charge in [-0.2, -0.15) is 0 Å². The van der Waals surface area contributed by atoms with Crippen LogP contribution in [-0.4, -0.2) is 40.5 Å². The van der Waals surface area contributed by atoms with Crippen LogP contribution in [0.15, 0.2) is 65.6 Å². The maximum Gasteiger partial charge on any atom is 0.251 e. The second-order valence-electron chi connectivity index (χ2n) is 9.19. The summed E-state index contributed by atoms with van der Waals surface area (Å²) in [6.07, 6.45) is 3.14. The van der Waals surface area contributed by atoms with Crippen LogP contribution in [0, 0.1) is 5.92 Å². The monoisotopic (exact) mass is 476 g/mol. The van der Waals surface area contributed by atoms with Crippen molar-refractivity contribution in [3.63, 3.8) is 0 Å². The molecule has 6 nitrogen and oxygen atoms in total. The van der Waals surface area contributed by atoms with Crippen molar-refractivity contribution in [2.75, 3.05) is 19.8 Å². The number of hydrogen-bond donors (Lipinski definition) is 2. The summed E-state index contributed by atoms with van der Waals surface area (Å²) in [7, 11) is -1.55. The van der Waals surface area contributed by atoms with Crippen LogP contribution in [0.4, 0.5) is 0 Å². The predicted molar refractivity (Wildman–Crippen MR) is 133 cm³/mol. The highest BCUT2D eigenvalue weighted by molar-refractivity contribution is 7.87. The van der Waals surface area contributed by atoms with E-state index >= 15 is 0 Å². The van der Waals surface area contributed by atoms with Gasteiger partial charge in [0, 0.05) is 30.2 Å². The van der Waals surface area contributed by atoms with Crippen molar-refractivity contribution in [1.29, 1.82) is 0 Å². The van der Waals surface area contributed by atoms with E-state index in [4.69, 9.17) is 10.5 Å². The van der Waals surface area contributed by atoms with E-state index in [0.29, 0.717) is 42.4 Å². The van der Waals surface area contributed by atoms with Crippen LogP contribution in [0.5, 0.6) is 0 Å². The minimum absolute atomic E-state index is 0.0280. The van der Waals surface area contributed by atoms with Crippen LogP contribution in [0.3, 0.4) is 0 Å². The number of rotatable bonds is 7. The quantitative estimate of drug-likeness (QED) is 0.542. The normalized spacial score (nSPS) is 18.4. The summed E-state index contributed by atoms with van der Waals surface area (Å²) in [5, 5.41) is 5.05. The number of benzene rings is 3. The molecule has 1 saturated heterocycles. The Hall–Kier alpha value is -3.03. The number of fused-ring (bicyclic) bond motifs is 1. The summed E-state index contributed by atoms with van der Waals surface area (Å²) in [5.74, 6) is 0.0850. The summed E-state index contributed by atoms with van der Waals surface area (Å²) in [5.41, 5.74) is 8.33. The molecule has 0 bridgehead atoms. The maximum absolute atomic E-state index is 13.3. The number of ether oxygens (including phenoxy) is 1. The fourth-order valence-corrected chi connectivity index (χ4v) is 6.00. The van der Waals surface area contributed by atoms with Gasteiger partial charge >= 0.3 is 0 Å². The average Bonchev–Trinajstić information content (AvgIpc) is 3.71. The van der Waals surface area contributed by atoms with E-state index in [2.05, 4.69) is 11.4 Å². The molecule has 0 spiro atoms. The summed E-state index contributed by atoms with van der Waals surface area (Å²) < 4.78 is 17.6. The van der Waals surface area contributed by atoms with Gasteiger partial charge in [-0.15, -0.1) is 0 Å². The Morgan fingerprint density at radius 1 is 0.941 bits per heavy atom. The van der Waals surface area contributed by atoms with E-state index in [9.17, 15) is 13.8 Å². The minimum atomic E-state index is -1.55. The van der Waals surface area contributed by atoms with Gasteiger partial charge in [-0.25, -0.2) is 0 Å². The highest BCUT2D eigenvalue weighted by atomic mass is 32.2. The Bertz CT molecular complexity index is 1260. The van der Waals surface area contributed by atoms with E-state index in [1.165, 1.54) is 12.8 Å². The molecule has 7 heteroatoms. The zero-order chi connectivity index (χ0) is 23.7. The summed E-state index contributed by atoms with van der Waals surface area (Å²) in [4.78, 5) is 25.2. The molecule has 5 rings (SSSR count). The first-order chi connectivity index (χ1) is 16.5. The lowest BCUT2D eigenvalue weighted by atomic mass is 9.98. The second-order valence-corrected chi connectivity index (χ2v) is 11.0. The summed E-state index contributed by atoms with van der Waals surface area (Å²) >= 11 is 0. The Morgan fingerprint density at radius 2 is 1.59 bits per heavy atom. The molecule has 1 heterocycles. The minimum Gasteiger partial charge on any atom is -0.381 e. The highest BCUT2D eigenvalue weighted by Crippen LogP contribution is 2.33. The van der Waals surface area contributed by atoms with Gasteiger partial charge in [0.05, 0.1) is 10.8 Å². The Morgan fingerprint density at radius 3 is 2.26 bits per heavy atom. The van der Waals surface area contributed by atoms with Gasteiger partial charge in [-0.05, 0) is 83.8 Å². The van der Waals surface area contributed by atoms with Gasteiger partial charge in [-0.3, -0.25) is 13.8 Å². The van der Waals surface area contributed by atoms with Crippen molar-refractivity contribution >= 4 is 33.4 Å². The van der Waals surface area contributed by atoms with Crippen LogP contribution >= 0.6 is 0 Å². The van der Waals surface area contributed by atoms with E-state index in [1.54, 1.807) is 0 Å². The summed E-state index contributed by atoms with van der Waals surface area (Å²) in [6.45, 7) is 1.52. The topological polar surface area (TPSA) is 98.5 Å². The van der Waals surface area contributed by atoms with Gasteiger partial charge < -0.3 is 15.8 Å². The zero-order valence-corrected chi connectivity index (χ0v) is 19.7. The number of carbonyl (C=O) groups excluding carboxylic acids is 2. The molecule has 1 atom stereocenters.